The van der Waals surface area contributed by atoms with Crippen molar-refractivity contribution in [2.24, 2.45) is 4.99 Å². The molecule has 2 aliphatic rings. The highest BCUT2D eigenvalue weighted by atomic mass is 32.2. The third-order valence-electron chi connectivity index (χ3n) is 8.82. The zero-order valence-electron chi connectivity index (χ0n) is 24.4. The molecular weight excluding hydrogens is 500 g/mol. The highest BCUT2D eigenvalue weighted by Gasteiger charge is 2.43. The molecular formula is C34H40N2O2S. The quantitative estimate of drug-likeness (QED) is 0.147. The molecule has 6 rings (SSSR count). The predicted octanol–water partition coefficient (Wildman–Crippen LogP) is 9.00. The molecule has 0 radical (unpaired) electrons. The Bertz CT molecular complexity index is 1630. The molecule has 0 N–H and O–H groups in total. The van der Waals surface area contributed by atoms with E-state index < -0.39 is 0 Å². The lowest BCUT2D eigenvalue weighted by molar-refractivity contribution is 0.371. The Morgan fingerprint density at radius 3 is 2.51 bits per heavy atom. The van der Waals surface area contributed by atoms with Crippen molar-refractivity contribution in [1.29, 1.82) is 0 Å². The smallest absolute Gasteiger partial charge is 0.336 e. The Labute approximate surface area is 236 Å². The van der Waals surface area contributed by atoms with Gasteiger partial charge in [-0.1, -0.05) is 71.9 Å². The van der Waals surface area contributed by atoms with Gasteiger partial charge in [-0.05, 0) is 59.4 Å². The number of anilines is 1. The minimum Gasteiger partial charge on any atom is -0.422 e. The first kappa shape index (κ1) is 27.5. The lowest BCUT2D eigenvalue weighted by Gasteiger charge is -2.49. The summed E-state index contributed by atoms with van der Waals surface area (Å²) in [6.07, 6.45) is 7.20. The second kappa shape index (κ2) is 10.5. The number of hydrogen-bond acceptors (Lipinski definition) is 5. The molecule has 1 atom stereocenters. The van der Waals surface area contributed by atoms with Crippen LogP contribution in [0.5, 0.6) is 0 Å². The van der Waals surface area contributed by atoms with Crippen molar-refractivity contribution in [1.82, 2.24) is 0 Å². The van der Waals surface area contributed by atoms with E-state index in [1.165, 1.54) is 16.8 Å². The van der Waals surface area contributed by atoms with Crippen LogP contribution >= 0.6 is 11.8 Å². The van der Waals surface area contributed by atoms with E-state index >= 15 is 0 Å². The van der Waals surface area contributed by atoms with Crippen LogP contribution in [-0.2, 0) is 10.8 Å². The fraction of sp³-hybridized carbons (Fsp3) is 0.412. The number of rotatable bonds is 4. The van der Waals surface area contributed by atoms with E-state index in [4.69, 9.17) is 9.41 Å². The van der Waals surface area contributed by atoms with Crippen LogP contribution in [0.4, 0.5) is 11.4 Å². The zero-order valence-corrected chi connectivity index (χ0v) is 25.2. The van der Waals surface area contributed by atoms with Crippen molar-refractivity contribution in [3.63, 3.8) is 0 Å². The molecule has 39 heavy (non-hydrogen) atoms. The van der Waals surface area contributed by atoms with Crippen LogP contribution in [0.3, 0.4) is 0 Å². The van der Waals surface area contributed by atoms with Gasteiger partial charge in [0.1, 0.15) is 5.58 Å². The van der Waals surface area contributed by atoms with Gasteiger partial charge < -0.3 is 9.32 Å². The first-order chi connectivity index (χ1) is 18.8. The standard InChI is InChI=1S/C32H34N2O2S.C2H6/c1-6-32(4)14-16-34-15-13-31(2,3)27-29(34)24(32)18-23-21(17-26(35)36-30(23)27)19-33-28-22-10-8-7-9-20(22)11-12-25(28)37-5;1-2/h7-12,17-19H,6,13-16H2,1-5H3;1-2H3. The molecule has 3 heterocycles. The van der Waals surface area contributed by atoms with Gasteiger partial charge >= 0.3 is 5.63 Å². The molecule has 0 saturated heterocycles. The maximum absolute atomic E-state index is 12.9. The summed E-state index contributed by atoms with van der Waals surface area (Å²) in [5.41, 5.74) is 6.05. The van der Waals surface area contributed by atoms with E-state index in [9.17, 15) is 4.79 Å². The molecule has 0 bridgehead atoms. The van der Waals surface area contributed by atoms with E-state index in [2.05, 4.69) is 81.3 Å². The number of nitrogens with zero attached hydrogens (tertiary/aromatic N) is 2. The highest BCUT2D eigenvalue weighted by Crippen LogP contribution is 2.52. The van der Waals surface area contributed by atoms with Crippen LogP contribution in [0.15, 0.2) is 67.6 Å². The number of benzene rings is 3. The van der Waals surface area contributed by atoms with Crippen LogP contribution in [-0.4, -0.2) is 25.6 Å². The van der Waals surface area contributed by atoms with Crippen LogP contribution < -0.4 is 10.5 Å². The second-order valence-electron chi connectivity index (χ2n) is 11.4. The van der Waals surface area contributed by atoms with Gasteiger partial charge in [0, 0.05) is 57.9 Å². The third kappa shape index (κ3) is 4.59. The highest BCUT2D eigenvalue weighted by molar-refractivity contribution is 7.98. The third-order valence-corrected chi connectivity index (χ3v) is 9.59. The van der Waals surface area contributed by atoms with E-state index in [0.29, 0.717) is 0 Å². The Morgan fingerprint density at radius 1 is 1.03 bits per heavy atom. The van der Waals surface area contributed by atoms with E-state index in [-0.39, 0.29) is 16.5 Å². The van der Waals surface area contributed by atoms with Crippen molar-refractivity contribution >= 4 is 51.1 Å². The summed E-state index contributed by atoms with van der Waals surface area (Å²) in [6, 6.07) is 16.5. The summed E-state index contributed by atoms with van der Waals surface area (Å²) in [4.78, 5) is 21.6. The van der Waals surface area contributed by atoms with E-state index in [1.54, 1.807) is 17.8 Å². The zero-order chi connectivity index (χ0) is 27.9. The Hall–Kier alpha value is -3.05. The number of aliphatic imine (C=N–C) groups is 1. The van der Waals surface area contributed by atoms with Gasteiger partial charge in [0.15, 0.2) is 0 Å². The molecule has 4 nitrogen and oxygen atoms in total. The molecule has 3 aromatic carbocycles. The van der Waals surface area contributed by atoms with Gasteiger partial charge in [-0.15, -0.1) is 11.8 Å². The fourth-order valence-electron chi connectivity index (χ4n) is 6.26. The van der Waals surface area contributed by atoms with Crippen molar-refractivity contribution in [3.8, 4) is 0 Å². The largest absolute Gasteiger partial charge is 0.422 e. The minimum absolute atomic E-state index is 0.0839. The van der Waals surface area contributed by atoms with Gasteiger partial charge in [0.2, 0.25) is 0 Å². The monoisotopic (exact) mass is 540 g/mol. The van der Waals surface area contributed by atoms with Gasteiger partial charge in [-0.3, -0.25) is 4.99 Å². The topological polar surface area (TPSA) is 45.8 Å². The summed E-state index contributed by atoms with van der Waals surface area (Å²) in [5.74, 6) is 0. The lowest BCUT2D eigenvalue weighted by atomic mass is 9.67. The molecule has 0 aliphatic carbocycles. The summed E-state index contributed by atoms with van der Waals surface area (Å²) in [7, 11) is 0. The second-order valence-corrected chi connectivity index (χ2v) is 12.3. The maximum Gasteiger partial charge on any atom is 0.336 e. The van der Waals surface area contributed by atoms with Crippen molar-refractivity contribution in [2.75, 3.05) is 24.2 Å². The van der Waals surface area contributed by atoms with Crippen molar-refractivity contribution in [2.45, 2.75) is 76.5 Å². The van der Waals surface area contributed by atoms with Gasteiger partial charge in [0.25, 0.3) is 0 Å². The summed E-state index contributed by atoms with van der Waals surface area (Å²) in [5, 5.41) is 3.25. The van der Waals surface area contributed by atoms with Gasteiger partial charge in [-0.2, -0.15) is 0 Å². The predicted molar refractivity (Wildman–Crippen MR) is 169 cm³/mol. The van der Waals surface area contributed by atoms with Crippen molar-refractivity contribution < 1.29 is 4.42 Å². The average Bonchev–Trinajstić information content (AvgIpc) is 2.95. The first-order valence-corrected chi connectivity index (χ1v) is 15.5. The molecule has 4 aromatic rings. The molecule has 5 heteroatoms. The Kier molecular flexibility index (Phi) is 7.41. The van der Waals surface area contributed by atoms with Crippen molar-refractivity contribution in [3.05, 3.63) is 75.6 Å². The molecule has 0 saturated carbocycles. The first-order valence-electron chi connectivity index (χ1n) is 14.3. The fourth-order valence-corrected chi connectivity index (χ4v) is 6.82. The number of fused-ring (bicyclic) bond motifs is 3. The Balaban J connectivity index is 0.00000151. The van der Waals surface area contributed by atoms with Crippen LogP contribution in [0.1, 0.15) is 77.5 Å². The summed E-state index contributed by atoms with van der Waals surface area (Å²) >= 11 is 1.69. The molecule has 0 spiro atoms. The summed E-state index contributed by atoms with van der Waals surface area (Å²) < 4.78 is 6.03. The molecule has 0 fully saturated rings. The molecule has 2 aliphatic heterocycles. The minimum atomic E-state index is -0.324. The lowest BCUT2D eigenvalue weighted by Crippen LogP contribution is -2.45. The van der Waals surface area contributed by atoms with Gasteiger partial charge in [-0.25, -0.2) is 4.79 Å². The molecule has 1 aromatic heterocycles. The maximum atomic E-state index is 12.9. The number of hydrogen-bond donors (Lipinski definition) is 0. The van der Waals surface area contributed by atoms with Crippen LogP contribution in [0.2, 0.25) is 0 Å². The molecule has 204 valence electrons. The summed E-state index contributed by atoms with van der Waals surface area (Å²) in [6.45, 7) is 15.4. The number of thioether (sulfide) groups is 1. The van der Waals surface area contributed by atoms with Crippen LogP contribution in [0.25, 0.3) is 21.7 Å². The molecule has 1 unspecified atom stereocenters. The van der Waals surface area contributed by atoms with E-state index in [0.717, 1.165) is 70.2 Å². The molecule has 0 amide bonds. The van der Waals surface area contributed by atoms with Gasteiger partial charge in [0.05, 0.1) is 5.69 Å². The van der Waals surface area contributed by atoms with E-state index in [1.807, 2.05) is 20.1 Å². The SMILES string of the molecule is CC.CCC1(C)CCN2CCC(C)(C)c3c2c1cc1c(C=Nc2c(SC)ccc4ccccc24)cc(=O)oc31. The Morgan fingerprint density at radius 2 is 1.77 bits per heavy atom. The normalized spacial score (nSPS) is 19.7. The van der Waals surface area contributed by atoms with Crippen LogP contribution in [0, 0.1) is 0 Å². The average molecular weight is 541 g/mol.